The van der Waals surface area contributed by atoms with Crippen molar-refractivity contribution in [3.8, 4) is 0 Å². The molecule has 0 aliphatic carbocycles. The van der Waals surface area contributed by atoms with Gasteiger partial charge in [-0.2, -0.15) is 0 Å². The number of hydrogen-bond acceptors (Lipinski definition) is 1. The van der Waals surface area contributed by atoms with Crippen LogP contribution in [0.25, 0.3) is 6.08 Å². The van der Waals surface area contributed by atoms with Gasteiger partial charge in [0, 0.05) is 5.57 Å². The predicted octanol–water partition coefficient (Wildman–Crippen LogP) is 3.90. The highest BCUT2D eigenvalue weighted by Crippen LogP contribution is 2.14. The number of carboxylic acids is 1. The molecule has 0 radical (unpaired) electrons. The van der Waals surface area contributed by atoms with Crippen LogP contribution in [0, 0.1) is 0 Å². The van der Waals surface area contributed by atoms with Crippen LogP contribution in [0.1, 0.15) is 32.3 Å². The van der Waals surface area contributed by atoms with Crippen molar-refractivity contribution in [3.05, 3.63) is 53.1 Å². The number of rotatable bonds is 5. The summed E-state index contributed by atoms with van der Waals surface area (Å²) in [5.74, 6) is -0.861. The summed E-state index contributed by atoms with van der Waals surface area (Å²) < 4.78 is 0. The smallest absolute Gasteiger partial charge is 0.331 e. The lowest BCUT2D eigenvalue weighted by molar-refractivity contribution is -0.132. The Morgan fingerprint density at radius 1 is 1.29 bits per heavy atom. The van der Waals surface area contributed by atoms with E-state index in [1.54, 1.807) is 13.0 Å². The minimum Gasteiger partial charge on any atom is -0.478 e. The summed E-state index contributed by atoms with van der Waals surface area (Å²) in [4.78, 5) is 10.8. The molecule has 2 nitrogen and oxygen atoms in total. The second-order valence-electron chi connectivity index (χ2n) is 4.01. The van der Waals surface area contributed by atoms with Crippen molar-refractivity contribution in [2.45, 2.75) is 26.7 Å². The first-order valence-electron chi connectivity index (χ1n) is 5.80. The topological polar surface area (TPSA) is 37.3 Å². The maximum atomic E-state index is 10.8. The SMILES string of the molecule is CCCC(=C\c1ccccc1)/C=C(\C)C(=O)O. The number of allylic oxidation sites excluding steroid dienone is 2. The molecule has 0 saturated heterocycles. The van der Waals surface area contributed by atoms with Crippen molar-refractivity contribution in [2.24, 2.45) is 0 Å². The first kappa shape index (κ1) is 13.2. The Morgan fingerprint density at radius 3 is 2.47 bits per heavy atom. The van der Waals surface area contributed by atoms with E-state index < -0.39 is 5.97 Å². The zero-order valence-corrected chi connectivity index (χ0v) is 10.3. The van der Waals surface area contributed by atoms with Gasteiger partial charge in [0.05, 0.1) is 0 Å². The third-order valence-electron chi connectivity index (χ3n) is 2.43. The predicted molar refractivity (Wildman–Crippen MR) is 70.7 cm³/mol. The highest BCUT2D eigenvalue weighted by Gasteiger charge is 2.01. The fourth-order valence-electron chi connectivity index (χ4n) is 1.58. The molecule has 0 heterocycles. The first-order chi connectivity index (χ1) is 8.13. The lowest BCUT2D eigenvalue weighted by Crippen LogP contribution is -1.96. The Balaban J connectivity index is 2.97. The Kier molecular flexibility index (Phi) is 5.21. The maximum Gasteiger partial charge on any atom is 0.331 e. The van der Waals surface area contributed by atoms with Gasteiger partial charge in [0.25, 0.3) is 0 Å². The van der Waals surface area contributed by atoms with Crippen LogP contribution >= 0.6 is 0 Å². The third kappa shape index (κ3) is 4.68. The van der Waals surface area contributed by atoms with Gasteiger partial charge in [0.2, 0.25) is 0 Å². The van der Waals surface area contributed by atoms with Crippen molar-refractivity contribution in [1.29, 1.82) is 0 Å². The lowest BCUT2D eigenvalue weighted by Gasteiger charge is -2.02. The molecule has 0 unspecified atom stereocenters. The van der Waals surface area contributed by atoms with Crippen molar-refractivity contribution in [3.63, 3.8) is 0 Å². The molecule has 0 aliphatic heterocycles. The van der Waals surface area contributed by atoms with E-state index in [9.17, 15) is 4.79 Å². The second-order valence-corrected chi connectivity index (χ2v) is 4.01. The zero-order valence-electron chi connectivity index (χ0n) is 10.3. The molecule has 0 bridgehead atoms. The highest BCUT2D eigenvalue weighted by molar-refractivity contribution is 5.86. The fraction of sp³-hybridized carbons (Fsp3) is 0.267. The van der Waals surface area contributed by atoms with Gasteiger partial charge in [0.1, 0.15) is 0 Å². The molecule has 0 aliphatic rings. The summed E-state index contributed by atoms with van der Waals surface area (Å²) in [7, 11) is 0. The standard InChI is InChI=1S/C15H18O2/c1-3-7-14(10-12(2)15(16)17)11-13-8-5-4-6-9-13/h4-6,8-11H,3,7H2,1-2H3,(H,16,17)/b12-10+,14-11+. The minimum atomic E-state index is -0.861. The van der Waals surface area contributed by atoms with Crippen LogP contribution in [0.15, 0.2) is 47.6 Å². The van der Waals surface area contributed by atoms with Crippen molar-refractivity contribution < 1.29 is 9.90 Å². The van der Waals surface area contributed by atoms with Gasteiger partial charge in [-0.15, -0.1) is 0 Å². The number of carbonyl (C=O) groups is 1. The molecule has 0 atom stereocenters. The van der Waals surface area contributed by atoms with E-state index in [0.29, 0.717) is 5.57 Å². The molecule has 1 N–H and O–H groups in total. The van der Waals surface area contributed by atoms with E-state index >= 15 is 0 Å². The molecule has 0 spiro atoms. The van der Waals surface area contributed by atoms with E-state index in [-0.39, 0.29) is 0 Å². The number of benzene rings is 1. The van der Waals surface area contributed by atoms with Gasteiger partial charge in [0.15, 0.2) is 0 Å². The Labute approximate surface area is 102 Å². The monoisotopic (exact) mass is 230 g/mol. The molecular formula is C15H18O2. The van der Waals surface area contributed by atoms with Crippen LogP contribution in [-0.4, -0.2) is 11.1 Å². The Bertz CT molecular complexity index is 427. The normalized spacial score (nSPS) is 12.6. The quantitative estimate of drug-likeness (QED) is 0.615. The molecular weight excluding hydrogens is 212 g/mol. The molecule has 0 fully saturated rings. The fourth-order valence-corrected chi connectivity index (χ4v) is 1.58. The molecule has 0 amide bonds. The lowest BCUT2D eigenvalue weighted by atomic mass is 10.0. The Hall–Kier alpha value is -1.83. The summed E-state index contributed by atoms with van der Waals surface area (Å²) in [6.07, 6.45) is 5.68. The average molecular weight is 230 g/mol. The second kappa shape index (κ2) is 6.69. The van der Waals surface area contributed by atoms with E-state index in [0.717, 1.165) is 24.0 Å². The van der Waals surface area contributed by atoms with E-state index in [4.69, 9.17) is 5.11 Å². The summed E-state index contributed by atoms with van der Waals surface area (Å²) in [5, 5.41) is 8.87. The minimum absolute atomic E-state index is 0.376. The number of carboxylic acid groups (broad SMARTS) is 1. The van der Waals surface area contributed by atoms with Crippen molar-refractivity contribution in [2.75, 3.05) is 0 Å². The molecule has 2 heteroatoms. The van der Waals surface area contributed by atoms with E-state index in [1.807, 2.05) is 36.4 Å². The molecule has 0 aromatic heterocycles. The molecule has 1 aromatic rings. The van der Waals surface area contributed by atoms with Crippen LogP contribution in [0.5, 0.6) is 0 Å². The van der Waals surface area contributed by atoms with Gasteiger partial charge in [-0.1, -0.05) is 49.8 Å². The highest BCUT2D eigenvalue weighted by atomic mass is 16.4. The van der Waals surface area contributed by atoms with Gasteiger partial charge in [-0.25, -0.2) is 4.79 Å². The summed E-state index contributed by atoms with van der Waals surface area (Å²) in [5.41, 5.74) is 2.53. The number of aliphatic carboxylic acids is 1. The van der Waals surface area contributed by atoms with Gasteiger partial charge in [-0.05, 0) is 30.6 Å². The zero-order chi connectivity index (χ0) is 12.7. The maximum absolute atomic E-state index is 10.8. The van der Waals surface area contributed by atoms with Gasteiger partial charge >= 0.3 is 5.97 Å². The third-order valence-corrected chi connectivity index (χ3v) is 2.43. The average Bonchev–Trinajstić information content (AvgIpc) is 2.30. The van der Waals surface area contributed by atoms with Crippen LogP contribution in [0.2, 0.25) is 0 Å². The summed E-state index contributed by atoms with van der Waals surface area (Å²) in [6, 6.07) is 9.95. The molecule has 0 saturated carbocycles. The summed E-state index contributed by atoms with van der Waals surface area (Å²) >= 11 is 0. The van der Waals surface area contributed by atoms with Crippen LogP contribution in [-0.2, 0) is 4.79 Å². The van der Waals surface area contributed by atoms with Gasteiger partial charge in [-0.3, -0.25) is 0 Å². The van der Waals surface area contributed by atoms with Gasteiger partial charge < -0.3 is 5.11 Å². The van der Waals surface area contributed by atoms with Crippen LogP contribution in [0.4, 0.5) is 0 Å². The van der Waals surface area contributed by atoms with Crippen LogP contribution < -0.4 is 0 Å². The summed E-state index contributed by atoms with van der Waals surface area (Å²) in [6.45, 7) is 3.71. The van der Waals surface area contributed by atoms with Crippen LogP contribution in [0.3, 0.4) is 0 Å². The van der Waals surface area contributed by atoms with Crippen molar-refractivity contribution >= 4 is 12.0 Å². The van der Waals surface area contributed by atoms with E-state index in [1.165, 1.54) is 0 Å². The molecule has 1 aromatic carbocycles. The van der Waals surface area contributed by atoms with E-state index in [2.05, 4.69) is 6.92 Å². The Morgan fingerprint density at radius 2 is 1.94 bits per heavy atom. The first-order valence-corrected chi connectivity index (χ1v) is 5.80. The number of hydrogen-bond donors (Lipinski definition) is 1. The molecule has 17 heavy (non-hydrogen) atoms. The molecule has 1 rings (SSSR count). The van der Waals surface area contributed by atoms with Crippen molar-refractivity contribution in [1.82, 2.24) is 0 Å². The molecule has 90 valence electrons. The largest absolute Gasteiger partial charge is 0.478 e.